The zero-order valence-electron chi connectivity index (χ0n) is 7.56. The van der Waals surface area contributed by atoms with Crippen LogP contribution in [0.25, 0.3) is 11.0 Å². The third-order valence-electron chi connectivity index (χ3n) is 2.13. The molecule has 0 amide bonds. The molecule has 1 aromatic carbocycles. The first-order valence-electron chi connectivity index (χ1n) is 4.43. The summed E-state index contributed by atoms with van der Waals surface area (Å²) in [6.07, 6.45) is 1.76. The van der Waals surface area contributed by atoms with Crippen LogP contribution in [0.4, 0.5) is 0 Å². The number of aliphatic hydroxyl groups excluding tert-OH is 1. The summed E-state index contributed by atoms with van der Waals surface area (Å²) in [4.78, 5) is 11.7. The van der Waals surface area contributed by atoms with Crippen molar-refractivity contribution in [2.24, 2.45) is 0 Å². The van der Waals surface area contributed by atoms with Crippen LogP contribution in [0.3, 0.4) is 0 Å². The first-order valence-corrected chi connectivity index (χ1v) is 4.43. The zero-order valence-corrected chi connectivity index (χ0v) is 7.56. The van der Waals surface area contributed by atoms with E-state index in [9.17, 15) is 4.79 Å². The van der Waals surface area contributed by atoms with Crippen molar-refractivity contribution < 1.29 is 9.52 Å². The van der Waals surface area contributed by atoms with E-state index in [-0.39, 0.29) is 12.0 Å². The summed E-state index contributed by atoms with van der Waals surface area (Å²) in [7, 11) is 0. The molecular weight excluding hydrogens is 180 g/mol. The number of para-hydroxylation sites is 1. The molecule has 2 aromatic rings. The van der Waals surface area contributed by atoms with E-state index >= 15 is 0 Å². The van der Waals surface area contributed by atoms with Crippen LogP contribution in [0, 0.1) is 0 Å². The summed E-state index contributed by atoms with van der Waals surface area (Å²) < 4.78 is 5.27. The topological polar surface area (TPSA) is 50.4 Å². The van der Waals surface area contributed by atoms with Gasteiger partial charge in [0.05, 0.1) is 11.6 Å². The van der Waals surface area contributed by atoms with E-state index in [0.717, 1.165) is 0 Å². The summed E-state index contributed by atoms with van der Waals surface area (Å²) in [5, 5.41) is 9.30. The molecule has 1 aromatic heterocycles. The number of fused-ring (bicyclic) bond motifs is 1. The molecule has 0 fully saturated rings. The summed E-state index contributed by atoms with van der Waals surface area (Å²) >= 11 is 0. The molecule has 14 heavy (non-hydrogen) atoms. The highest BCUT2D eigenvalue weighted by atomic mass is 16.3. The average molecular weight is 190 g/mol. The van der Waals surface area contributed by atoms with Gasteiger partial charge in [0.1, 0.15) is 5.58 Å². The van der Waals surface area contributed by atoms with E-state index in [0.29, 0.717) is 23.0 Å². The molecule has 0 aliphatic heterocycles. The lowest BCUT2D eigenvalue weighted by atomic mass is 10.1. The van der Waals surface area contributed by atoms with Gasteiger partial charge in [-0.2, -0.15) is 0 Å². The lowest BCUT2D eigenvalue weighted by molar-refractivity contribution is 0.298. The highest BCUT2D eigenvalue weighted by Crippen LogP contribution is 2.10. The van der Waals surface area contributed by atoms with Crippen molar-refractivity contribution in [3.05, 3.63) is 46.3 Å². The Labute approximate surface area is 80.6 Å². The molecule has 3 heteroatoms. The number of hydrogen-bond acceptors (Lipinski definition) is 3. The average Bonchev–Trinajstić information content (AvgIpc) is 2.23. The van der Waals surface area contributed by atoms with Crippen LogP contribution in [0.2, 0.25) is 0 Å². The Morgan fingerprint density at radius 1 is 1.29 bits per heavy atom. The number of hydrogen-bond donors (Lipinski definition) is 1. The smallest absolute Gasteiger partial charge is 0.195 e. The highest BCUT2D eigenvalue weighted by Gasteiger charge is 2.04. The highest BCUT2D eigenvalue weighted by molar-refractivity contribution is 5.76. The van der Waals surface area contributed by atoms with Gasteiger partial charge in [-0.15, -0.1) is 0 Å². The Morgan fingerprint density at radius 2 is 2.07 bits per heavy atom. The molecule has 0 atom stereocenters. The second-order valence-electron chi connectivity index (χ2n) is 3.06. The molecule has 2 rings (SSSR count). The van der Waals surface area contributed by atoms with Gasteiger partial charge in [0, 0.05) is 18.6 Å². The van der Waals surface area contributed by atoms with Gasteiger partial charge in [-0.1, -0.05) is 12.1 Å². The fourth-order valence-corrected chi connectivity index (χ4v) is 1.41. The van der Waals surface area contributed by atoms with Crippen molar-refractivity contribution in [3.63, 3.8) is 0 Å². The quantitative estimate of drug-likeness (QED) is 0.777. The van der Waals surface area contributed by atoms with Crippen molar-refractivity contribution in [1.29, 1.82) is 0 Å². The van der Waals surface area contributed by atoms with Crippen LogP contribution in [-0.2, 0) is 6.42 Å². The third-order valence-corrected chi connectivity index (χ3v) is 2.13. The van der Waals surface area contributed by atoms with Gasteiger partial charge in [0.15, 0.2) is 5.43 Å². The predicted octanol–water partition coefficient (Wildman–Crippen LogP) is 1.33. The molecule has 0 saturated heterocycles. The number of rotatable bonds is 2. The van der Waals surface area contributed by atoms with Gasteiger partial charge in [0.25, 0.3) is 0 Å². The maximum absolute atomic E-state index is 11.7. The van der Waals surface area contributed by atoms with Crippen molar-refractivity contribution in [3.8, 4) is 0 Å². The van der Waals surface area contributed by atoms with E-state index in [4.69, 9.17) is 9.52 Å². The van der Waals surface area contributed by atoms with Crippen LogP contribution in [0.1, 0.15) is 5.56 Å². The fourth-order valence-electron chi connectivity index (χ4n) is 1.41. The van der Waals surface area contributed by atoms with E-state index in [1.807, 2.05) is 6.07 Å². The van der Waals surface area contributed by atoms with Gasteiger partial charge in [-0.25, -0.2) is 0 Å². The van der Waals surface area contributed by atoms with E-state index in [1.54, 1.807) is 18.2 Å². The van der Waals surface area contributed by atoms with Crippen molar-refractivity contribution in [2.75, 3.05) is 6.61 Å². The fraction of sp³-hybridized carbons (Fsp3) is 0.182. The number of benzene rings is 1. The lowest BCUT2D eigenvalue weighted by Gasteiger charge is -1.99. The van der Waals surface area contributed by atoms with Gasteiger partial charge in [-0.3, -0.25) is 4.79 Å². The predicted molar refractivity (Wildman–Crippen MR) is 53.3 cm³/mol. The summed E-state index contributed by atoms with van der Waals surface area (Å²) in [5.41, 5.74) is 1.05. The van der Waals surface area contributed by atoms with Crippen molar-refractivity contribution in [2.45, 2.75) is 6.42 Å². The minimum Gasteiger partial charge on any atom is -0.464 e. The van der Waals surface area contributed by atoms with Crippen molar-refractivity contribution >= 4 is 11.0 Å². The largest absolute Gasteiger partial charge is 0.464 e. The minimum absolute atomic E-state index is 0.0386. The Morgan fingerprint density at radius 3 is 2.86 bits per heavy atom. The second kappa shape index (κ2) is 3.64. The molecule has 0 spiro atoms. The third kappa shape index (κ3) is 1.42. The molecule has 3 nitrogen and oxygen atoms in total. The van der Waals surface area contributed by atoms with E-state index in [1.165, 1.54) is 6.26 Å². The molecule has 0 bridgehead atoms. The van der Waals surface area contributed by atoms with Crippen LogP contribution in [0.15, 0.2) is 39.7 Å². The monoisotopic (exact) mass is 190 g/mol. The Bertz CT molecular complexity index is 499. The second-order valence-corrected chi connectivity index (χ2v) is 3.06. The van der Waals surface area contributed by atoms with Crippen LogP contribution >= 0.6 is 0 Å². The SMILES string of the molecule is O=c1c(CCO)coc2ccccc12. The normalized spacial score (nSPS) is 10.6. The minimum atomic E-state index is -0.0547. The zero-order chi connectivity index (χ0) is 9.97. The van der Waals surface area contributed by atoms with E-state index in [2.05, 4.69) is 0 Å². The van der Waals surface area contributed by atoms with Crippen LogP contribution in [0.5, 0.6) is 0 Å². The maximum Gasteiger partial charge on any atom is 0.195 e. The maximum atomic E-state index is 11.7. The Balaban J connectivity index is 2.69. The molecule has 0 radical (unpaired) electrons. The van der Waals surface area contributed by atoms with Gasteiger partial charge >= 0.3 is 0 Å². The molecule has 0 unspecified atom stereocenters. The first-order chi connectivity index (χ1) is 6.83. The summed E-state index contributed by atoms with van der Waals surface area (Å²) in [5.74, 6) is 0. The molecule has 0 aliphatic carbocycles. The standard InChI is InChI=1S/C11H10O3/c12-6-5-8-7-14-10-4-2-1-3-9(10)11(8)13/h1-4,7,12H,5-6H2. The van der Waals surface area contributed by atoms with Crippen LogP contribution < -0.4 is 5.43 Å². The summed E-state index contributed by atoms with van der Waals surface area (Å²) in [6, 6.07) is 7.08. The van der Waals surface area contributed by atoms with Gasteiger partial charge in [0.2, 0.25) is 0 Å². The number of aliphatic hydroxyl groups is 1. The van der Waals surface area contributed by atoms with Crippen molar-refractivity contribution in [1.82, 2.24) is 0 Å². The first kappa shape index (κ1) is 8.97. The Kier molecular flexibility index (Phi) is 2.33. The molecule has 1 N–H and O–H groups in total. The van der Waals surface area contributed by atoms with Crippen LogP contribution in [-0.4, -0.2) is 11.7 Å². The van der Waals surface area contributed by atoms with Gasteiger partial charge < -0.3 is 9.52 Å². The molecular formula is C11H10O3. The molecule has 1 heterocycles. The summed E-state index contributed by atoms with van der Waals surface area (Å²) in [6.45, 7) is -0.0386. The van der Waals surface area contributed by atoms with Gasteiger partial charge in [-0.05, 0) is 12.1 Å². The molecule has 0 saturated carbocycles. The molecule has 0 aliphatic rings. The Hall–Kier alpha value is -1.61. The molecule has 72 valence electrons. The lowest BCUT2D eigenvalue weighted by Crippen LogP contribution is -2.09. The van der Waals surface area contributed by atoms with E-state index < -0.39 is 0 Å².